The third-order valence-electron chi connectivity index (χ3n) is 2.55. The maximum Gasteiger partial charge on any atom is 0.340 e. The molecule has 0 saturated heterocycles. The van der Waals surface area contributed by atoms with Gasteiger partial charge in [-0.1, -0.05) is 17.4 Å². The minimum Gasteiger partial charge on any atom is -0.465 e. The molecule has 0 unspecified atom stereocenters. The Balaban J connectivity index is 2.16. The Kier molecular flexibility index (Phi) is 3.86. The number of aromatic amines is 1. The summed E-state index contributed by atoms with van der Waals surface area (Å²) in [4.78, 5) is 25.1. The van der Waals surface area contributed by atoms with E-state index in [0.717, 1.165) is 17.0 Å². The van der Waals surface area contributed by atoms with Gasteiger partial charge in [0.25, 0.3) is 0 Å². The van der Waals surface area contributed by atoms with Gasteiger partial charge in [-0.2, -0.15) is 0 Å². The van der Waals surface area contributed by atoms with Crippen molar-refractivity contribution in [1.29, 1.82) is 0 Å². The molecule has 0 amide bonds. The number of carbonyl (C=O) groups excluding carboxylic acids is 1. The van der Waals surface area contributed by atoms with Crippen LogP contribution in [0.15, 0.2) is 28.4 Å². The third kappa shape index (κ3) is 2.94. The first-order valence-corrected chi connectivity index (χ1v) is 6.37. The number of para-hydroxylation sites is 1. The molecule has 0 bridgehead atoms. The zero-order chi connectivity index (χ0) is 13.8. The highest BCUT2D eigenvalue weighted by molar-refractivity contribution is 7.07. The van der Waals surface area contributed by atoms with Gasteiger partial charge in [-0.15, -0.1) is 0 Å². The summed E-state index contributed by atoms with van der Waals surface area (Å²) in [6.07, 6.45) is 0. The van der Waals surface area contributed by atoms with Crippen LogP contribution < -0.4 is 15.9 Å². The number of anilines is 2. The first kappa shape index (κ1) is 13.2. The van der Waals surface area contributed by atoms with Crippen molar-refractivity contribution < 1.29 is 9.53 Å². The second-order valence-corrected chi connectivity index (χ2v) is 4.63. The van der Waals surface area contributed by atoms with E-state index in [2.05, 4.69) is 15.0 Å². The van der Waals surface area contributed by atoms with Gasteiger partial charge in [0.05, 0.1) is 30.6 Å². The number of thiazole rings is 1. The van der Waals surface area contributed by atoms with Gasteiger partial charge in [-0.25, -0.2) is 4.79 Å². The van der Waals surface area contributed by atoms with Crippen molar-refractivity contribution in [1.82, 2.24) is 4.98 Å². The molecule has 7 heteroatoms. The molecular weight excluding hydrogens is 266 g/mol. The van der Waals surface area contributed by atoms with Gasteiger partial charge in [0.15, 0.2) is 0 Å². The predicted octanol–water partition coefficient (Wildman–Crippen LogP) is 1.42. The quantitative estimate of drug-likeness (QED) is 0.581. The molecule has 0 spiro atoms. The number of carbonyl (C=O) groups is 1. The number of aromatic nitrogens is 1. The number of nitrogen functional groups attached to an aromatic ring is 1. The van der Waals surface area contributed by atoms with Crippen LogP contribution in [0.5, 0.6) is 0 Å². The molecule has 1 aromatic heterocycles. The molecule has 0 aliphatic heterocycles. The number of esters is 1. The number of nitrogens with two attached hydrogens (primary N) is 1. The van der Waals surface area contributed by atoms with E-state index in [1.165, 1.54) is 7.11 Å². The lowest BCUT2D eigenvalue weighted by atomic mass is 10.1. The molecule has 1 aromatic carbocycles. The van der Waals surface area contributed by atoms with Crippen LogP contribution in [0.25, 0.3) is 0 Å². The van der Waals surface area contributed by atoms with Crippen molar-refractivity contribution in [3.63, 3.8) is 0 Å². The summed E-state index contributed by atoms with van der Waals surface area (Å²) < 4.78 is 4.65. The minimum absolute atomic E-state index is 0.104. The van der Waals surface area contributed by atoms with Crippen molar-refractivity contribution in [3.05, 3.63) is 44.5 Å². The Labute approximate surface area is 113 Å². The monoisotopic (exact) mass is 279 g/mol. The van der Waals surface area contributed by atoms with Crippen molar-refractivity contribution in [2.45, 2.75) is 6.54 Å². The average Bonchev–Trinajstić information content (AvgIpc) is 2.82. The van der Waals surface area contributed by atoms with Gasteiger partial charge in [-0.3, -0.25) is 4.79 Å². The Hall–Kier alpha value is -2.28. The fraction of sp³-hybridized carbons (Fsp3) is 0.167. The second-order valence-electron chi connectivity index (χ2n) is 3.79. The third-order valence-corrected chi connectivity index (χ3v) is 3.27. The van der Waals surface area contributed by atoms with Crippen LogP contribution in [0.3, 0.4) is 0 Å². The van der Waals surface area contributed by atoms with Crippen molar-refractivity contribution in [3.8, 4) is 0 Å². The number of nitrogens with one attached hydrogen (secondary N) is 2. The smallest absolute Gasteiger partial charge is 0.340 e. The largest absolute Gasteiger partial charge is 0.465 e. The molecule has 0 aliphatic carbocycles. The number of H-pyrrole nitrogens is 1. The standard InChI is InChI=1S/C12H13N3O3S/c1-18-11(16)8-3-2-4-9(10(8)13)14-5-7-6-19-12(17)15-7/h2-4,6,14H,5,13H2,1H3,(H,15,17). The summed E-state index contributed by atoms with van der Waals surface area (Å²) in [6.45, 7) is 0.424. The molecule has 1 heterocycles. The summed E-state index contributed by atoms with van der Waals surface area (Å²) in [5.74, 6) is -0.481. The Morgan fingerprint density at radius 3 is 2.95 bits per heavy atom. The predicted molar refractivity (Wildman–Crippen MR) is 74.5 cm³/mol. The lowest BCUT2D eigenvalue weighted by molar-refractivity contribution is 0.0602. The first-order chi connectivity index (χ1) is 9.11. The van der Waals surface area contributed by atoms with E-state index in [0.29, 0.717) is 23.5 Å². The van der Waals surface area contributed by atoms with Gasteiger partial charge in [0.2, 0.25) is 0 Å². The van der Waals surface area contributed by atoms with Crippen LogP contribution in [0.4, 0.5) is 11.4 Å². The van der Waals surface area contributed by atoms with E-state index < -0.39 is 5.97 Å². The van der Waals surface area contributed by atoms with Crippen LogP contribution in [0.1, 0.15) is 16.1 Å². The van der Waals surface area contributed by atoms with Crippen LogP contribution in [-0.2, 0) is 11.3 Å². The Morgan fingerprint density at radius 1 is 1.53 bits per heavy atom. The maximum atomic E-state index is 11.5. The molecule has 100 valence electrons. The van der Waals surface area contributed by atoms with Gasteiger partial charge in [0.1, 0.15) is 0 Å². The summed E-state index contributed by atoms with van der Waals surface area (Å²) >= 11 is 1.10. The SMILES string of the molecule is COC(=O)c1cccc(NCc2csc(=O)[nH]2)c1N. The summed E-state index contributed by atoms with van der Waals surface area (Å²) in [5.41, 5.74) is 7.92. The van der Waals surface area contributed by atoms with Gasteiger partial charge in [-0.05, 0) is 12.1 Å². The Bertz CT molecular complexity index is 648. The number of hydrogen-bond donors (Lipinski definition) is 3. The Morgan fingerprint density at radius 2 is 2.32 bits per heavy atom. The van der Waals surface area contributed by atoms with Crippen LogP contribution in [-0.4, -0.2) is 18.1 Å². The average molecular weight is 279 g/mol. The normalized spacial score (nSPS) is 10.2. The van der Waals surface area contributed by atoms with Crippen molar-refractivity contribution in [2.24, 2.45) is 0 Å². The van der Waals surface area contributed by atoms with E-state index in [-0.39, 0.29) is 4.87 Å². The van der Waals surface area contributed by atoms with E-state index in [1.807, 2.05) is 0 Å². The van der Waals surface area contributed by atoms with E-state index in [9.17, 15) is 9.59 Å². The van der Waals surface area contributed by atoms with Crippen molar-refractivity contribution >= 4 is 28.7 Å². The van der Waals surface area contributed by atoms with Crippen LogP contribution in [0.2, 0.25) is 0 Å². The summed E-state index contributed by atoms with van der Waals surface area (Å²) in [7, 11) is 1.30. The molecule has 6 nitrogen and oxygen atoms in total. The van der Waals surface area contributed by atoms with Gasteiger partial charge < -0.3 is 20.8 Å². The minimum atomic E-state index is -0.481. The molecule has 2 aromatic rings. The molecular formula is C12H13N3O3S. The molecule has 4 N–H and O–H groups in total. The molecule has 2 rings (SSSR count). The zero-order valence-electron chi connectivity index (χ0n) is 10.2. The highest BCUT2D eigenvalue weighted by atomic mass is 32.1. The lowest BCUT2D eigenvalue weighted by Crippen LogP contribution is -2.09. The van der Waals surface area contributed by atoms with Gasteiger partial charge >= 0.3 is 10.8 Å². The van der Waals surface area contributed by atoms with Gasteiger partial charge in [0, 0.05) is 11.1 Å². The van der Waals surface area contributed by atoms with Crippen molar-refractivity contribution in [2.75, 3.05) is 18.2 Å². The first-order valence-electron chi connectivity index (χ1n) is 5.49. The molecule has 19 heavy (non-hydrogen) atoms. The number of hydrogen-bond acceptors (Lipinski definition) is 6. The number of rotatable bonds is 4. The molecule has 0 aliphatic rings. The summed E-state index contributed by atoms with van der Waals surface area (Å²) in [6, 6.07) is 5.06. The topological polar surface area (TPSA) is 97.2 Å². The maximum absolute atomic E-state index is 11.5. The number of ether oxygens (including phenoxy) is 1. The number of benzene rings is 1. The molecule has 0 atom stereocenters. The van der Waals surface area contributed by atoms with Crippen LogP contribution in [0, 0.1) is 0 Å². The molecule has 0 radical (unpaired) electrons. The molecule has 0 fully saturated rings. The fourth-order valence-corrected chi connectivity index (χ4v) is 2.18. The fourth-order valence-electron chi connectivity index (χ4n) is 1.60. The zero-order valence-corrected chi connectivity index (χ0v) is 11.0. The number of methoxy groups -OCH3 is 1. The lowest BCUT2D eigenvalue weighted by Gasteiger charge is -2.11. The van der Waals surface area contributed by atoms with Crippen LogP contribution >= 0.6 is 11.3 Å². The second kappa shape index (κ2) is 5.57. The van der Waals surface area contributed by atoms with E-state index >= 15 is 0 Å². The highest BCUT2D eigenvalue weighted by Crippen LogP contribution is 2.23. The van der Waals surface area contributed by atoms with E-state index in [1.54, 1.807) is 23.6 Å². The van der Waals surface area contributed by atoms with E-state index in [4.69, 9.17) is 5.73 Å². The highest BCUT2D eigenvalue weighted by Gasteiger charge is 2.12. The molecule has 0 saturated carbocycles. The summed E-state index contributed by atoms with van der Waals surface area (Å²) in [5, 5.41) is 4.80.